The maximum absolute atomic E-state index is 12.7. The van der Waals surface area contributed by atoms with Gasteiger partial charge in [-0.25, -0.2) is 4.68 Å². The molecule has 1 amide bonds. The van der Waals surface area contributed by atoms with Crippen molar-refractivity contribution in [3.63, 3.8) is 0 Å². The monoisotopic (exact) mass is 449 g/mol. The lowest BCUT2D eigenvalue weighted by molar-refractivity contribution is -0.117. The van der Waals surface area contributed by atoms with E-state index in [-0.39, 0.29) is 17.6 Å². The summed E-state index contributed by atoms with van der Waals surface area (Å²) in [5.41, 5.74) is 0.759. The van der Waals surface area contributed by atoms with Gasteiger partial charge in [0.05, 0.1) is 28.8 Å². The lowest BCUT2D eigenvalue weighted by Gasteiger charge is -2.62. The summed E-state index contributed by atoms with van der Waals surface area (Å²) in [4.78, 5) is 28.9. The van der Waals surface area contributed by atoms with Crippen molar-refractivity contribution in [1.29, 1.82) is 0 Å². The molecule has 2 aromatic heterocycles. The Balaban J connectivity index is 1.44. The molecule has 0 saturated heterocycles. The summed E-state index contributed by atoms with van der Waals surface area (Å²) < 4.78 is 1.04. The highest BCUT2D eigenvalue weighted by atomic mass is 35.5. The highest BCUT2D eigenvalue weighted by Crippen LogP contribution is 2.61. The van der Waals surface area contributed by atoms with Gasteiger partial charge in [0, 0.05) is 12.2 Å². The average Bonchev–Trinajstić information content (AvgIpc) is 2.70. The number of fused-ring (bicyclic) bond motifs is 2. The number of rotatable bonds is 5. The van der Waals surface area contributed by atoms with Crippen LogP contribution in [-0.2, 0) is 11.3 Å². The summed E-state index contributed by atoms with van der Waals surface area (Å²) in [6.45, 7) is 6.67. The predicted molar refractivity (Wildman–Crippen MR) is 118 cm³/mol. The van der Waals surface area contributed by atoms with Crippen LogP contribution < -0.4 is 16.2 Å². The average molecular weight is 450 g/mol. The second-order valence-electron chi connectivity index (χ2n) is 8.94. The second-order valence-corrected chi connectivity index (χ2v) is 9.73. The number of nitrogens with zero attached hydrogens (tertiary/aromatic N) is 3. The molecule has 3 aliphatic carbocycles. The smallest absolute Gasteiger partial charge is 0.288 e. The van der Waals surface area contributed by atoms with Crippen LogP contribution in [0.4, 0.5) is 11.4 Å². The molecule has 2 aromatic rings. The zero-order valence-corrected chi connectivity index (χ0v) is 18.7. The summed E-state index contributed by atoms with van der Waals surface area (Å²) in [5.74, 6) is 1.40. The van der Waals surface area contributed by atoms with E-state index in [4.69, 9.17) is 23.2 Å². The maximum Gasteiger partial charge on any atom is 0.288 e. The summed E-state index contributed by atoms with van der Waals surface area (Å²) in [6, 6.07) is 1.82. The maximum atomic E-state index is 12.7. The molecule has 4 atom stereocenters. The minimum Gasteiger partial charge on any atom is -0.379 e. The van der Waals surface area contributed by atoms with Gasteiger partial charge in [-0.2, -0.15) is 5.10 Å². The summed E-state index contributed by atoms with van der Waals surface area (Å²) >= 11 is 12.4. The van der Waals surface area contributed by atoms with Crippen LogP contribution in [0.5, 0.6) is 0 Å². The number of hydrogen-bond donors (Lipinski definition) is 2. The lowest BCUT2D eigenvalue weighted by Crippen LogP contribution is -2.58. The zero-order chi connectivity index (χ0) is 21.6. The van der Waals surface area contributed by atoms with E-state index in [9.17, 15) is 9.59 Å². The van der Waals surface area contributed by atoms with Gasteiger partial charge in [-0.1, -0.05) is 44.0 Å². The van der Waals surface area contributed by atoms with Gasteiger partial charge < -0.3 is 10.6 Å². The number of carbonyl (C=O) groups excluding carboxylic acids is 1. The number of hydrogen-bond acceptors (Lipinski definition) is 5. The molecule has 3 aliphatic rings. The van der Waals surface area contributed by atoms with Crippen molar-refractivity contribution in [2.75, 3.05) is 10.6 Å². The van der Waals surface area contributed by atoms with Crippen LogP contribution in [0, 0.1) is 23.2 Å². The molecule has 2 heterocycles. The quantitative estimate of drug-likeness (QED) is 0.717. The molecular formula is C21H25Cl2N5O2. The Morgan fingerprint density at radius 2 is 2.03 bits per heavy atom. The number of halogens is 2. The van der Waals surface area contributed by atoms with E-state index < -0.39 is 11.5 Å². The first-order chi connectivity index (χ1) is 14.2. The molecule has 9 heteroatoms. The Morgan fingerprint density at radius 1 is 1.27 bits per heavy atom. The largest absolute Gasteiger partial charge is 0.379 e. The number of amides is 1. The molecule has 0 spiro atoms. The molecule has 3 fully saturated rings. The molecule has 7 nitrogen and oxygen atoms in total. The van der Waals surface area contributed by atoms with Gasteiger partial charge in [0.1, 0.15) is 11.6 Å². The highest BCUT2D eigenvalue weighted by Gasteiger charge is 2.56. The van der Waals surface area contributed by atoms with Crippen LogP contribution in [0.25, 0.3) is 0 Å². The Kier molecular flexibility index (Phi) is 5.53. The van der Waals surface area contributed by atoms with Gasteiger partial charge in [-0.15, -0.1) is 0 Å². The van der Waals surface area contributed by atoms with Crippen molar-refractivity contribution in [1.82, 2.24) is 14.8 Å². The van der Waals surface area contributed by atoms with Gasteiger partial charge in [0.25, 0.3) is 5.56 Å². The second kappa shape index (κ2) is 7.85. The van der Waals surface area contributed by atoms with Crippen LogP contribution in [0.2, 0.25) is 10.0 Å². The first-order valence-electron chi connectivity index (χ1n) is 10.1. The van der Waals surface area contributed by atoms with Crippen molar-refractivity contribution in [3.05, 3.63) is 45.1 Å². The van der Waals surface area contributed by atoms with E-state index in [0.29, 0.717) is 39.6 Å². The van der Waals surface area contributed by atoms with Crippen LogP contribution in [0.15, 0.2) is 29.5 Å². The van der Waals surface area contributed by atoms with Crippen LogP contribution >= 0.6 is 23.2 Å². The molecule has 5 rings (SSSR count). The summed E-state index contributed by atoms with van der Waals surface area (Å²) in [5, 5.41) is 10.6. The predicted octanol–water partition coefficient (Wildman–Crippen LogP) is 4.07. The van der Waals surface area contributed by atoms with Crippen molar-refractivity contribution in [2.45, 2.75) is 46.2 Å². The highest BCUT2D eigenvalue weighted by molar-refractivity contribution is 6.33. The van der Waals surface area contributed by atoms with Crippen molar-refractivity contribution >= 4 is 40.5 Å². The number of carbonyl (C=O) groups is 1. The van der Waals surface area contributed by atoms with Gasteiger partial charge >= 0.3 is 0 Å². The van der Waals surface area contributed by atoms with Gasteiger partial charge in [-0.3, -0.25) is 14.6 Å². The molecule has 2 N–H and O–H groups in total. The lowest BCUT2D eigenvalue weighted by atomic mass is 9.45. The Labute approximate surface area is 185 Å². The standard InChI is InChI=1S/C21H25Cl2N5O2/c1-11-13-6-12(21(13,2)3)7-15(11)26-17-9-25-28(20(30)19(17)23)10-18(29)27-16-8-24-5-4-14(16)22/h4-5,8-9,11-13,15,26H,6-7,10H2,1-3H3,(H,27,29)/t11-,12+,13-,15-/m1/s1. The molecule has 160 valence electrons. The first kappa shape index (κ1) is 21.1. The van der Waals surface area contributed by atoms with Crippen molar-refractivity contribution in [2.24, 2.45) is 23.2 Å². The summed E-state index contributed by atoms with van der Waals surface area (Å²) in [7, 11) is 0. The Bertz CT molecular complexity index is 1040. The molecule has 0 aromatic carbocycles. The third kappa shape index (κ3) is 3.69. The molecule has 0 aliphatic heterocycles. The number of nitrogens with one attached hydrogen (secondary N) is 2. The fourth-order valence-electron chi connectivity index (χ4n) is 5.01. The van der Waals surface area contributed by atoms with E-state index in [1.54, 1.807) is 6.07 Å². The van der Waals surface area contributed by atoms with E-state index in [0.717, 1.165) is 11.1 Å². The van der Waals surface area contributed by atoms with Gasteiger partial charge in [-0.05, 0) is 42.1 Å². The van der Waals surface area contributed by atoms with Crippen LogP contribution in [-0.4, -0.2) is 26.7 Å². The molecule has 30 heavy (non-hydrogen) atoms. The van der Waals surface area contributed by atoms with Crippen LogP contribution in [0.3, 0.4) is 0 Å². The zero-order valence-electron chi connectivity index (χ0n) is 17.2. The van der Waals surface area contributed by atoms with Crippen LogP contribution in [0.1, 0.15) is 33.6 Å². The third-order valence-electron chi connectivity index (χ3n) is 7.02. The Morgan fingerprint density at radius 3 is 2.70 bits per heavy atom. The van der Waals surface area contributed by atoms with E-state index in [2.05, 4.69) is 41.5 Å². The van der Waals surface area contributed by atoms with Gasteiger partial charge in [0.15, 0.2) is 0 Å². The SMILES string of the molecule is C[C@@H]1[C@H]2C[C@@H](C[C@H]1Nc1cnn(CC(=O)Nc3cnccc3Cl)c(=O)c1Cl)C2(C)C. The fraction of sp³-hybridized carbons (Fsp3) is 0.524. The van der Waals surface area contributed by atoms with Gasteiger partial charge in [0.2, 0.25) is 5.91 Å². The first-order valence-corrected chi connectivity index (χ1v) is 10.9. The topological polar surface area (TPSA) is 88.9 Å². The molecule has 3 saturated carbocycles. The van der Waals surface area contributed by atoms with Crippen molar-refractivity contribution in [3.8, 4) is 0 Å². The number of pyridine rings is 1. The van der Waals surface area contributed by atoms with E-state index in [1.165, 1.54) is 25.0 Å². The number of aromatic nitrogens is 3. The molecule has 0 radical (unpaired) electrons. The Hall–Kier alpha value is -2.12. The third-order valence-corrected chi connectivity index (χ3v) is 7.71. The van der Waals surface area contributed by atoms with Crippen molar-refractivity contribution < 1.29 is 4.79 Å². The molecule has 0 unspecified atom stereocenters. The number of anilines is 2. The molecular weight excluding hydrogens is 425 g/mol. The minimum atomic E-state index is -0.511. The molecule has 2 bridgehead atoms. The normalized spacial score (nSPS) is 26.6. The minimum absolute atomic E-state index is 0.0444. The van der Waals surface area contributed by atoms with E-state index >= 15 is 0 Å². The summed E-state index contributed by atoms with van der Waals surface area (Å²) in [6.07, 6.45) is 6.81. The fourth-order valence-corrected chi connectivity index (χ4v) is 5.37. The van der Waals surface area contributed by atoms with E-state index in [1.807, 2.05) is 0 Å².